The highest BCUT2D eigenvalue weighted by molar-refractivity contribution is 7.02. The maximum atomic E-state index is 2.67. The van der Waals surface area contributed by atoms with Gasteiger partial charge in [-0.2, -0.15) is 0 Å². The van der Waals surface area contributed by atoms with Gasteiger partial charge in [-0.1, -0.05) is 166 Å². The van der Waals surface area contributed by atoms with Crippen LogP contribution in [0.25, 0.3) is 0 Å². The minimum Gasteiger partial charge on any atom is -0.311 e. The van der Waals surface area contributed by atoms with Crippen LogP contribution in [0.4, 0.5) is 68.2 Å². The van der Waals surface area contributed by atoms with Crippen molar-refractivity contribution in [2.24, 2.45) is 0 Å². The van der Waals surface area contributed by atoms with Crippen LogP contribution >= 0.6 is 0 Å². The predicted octanol–water partition coefficient (Wildman–Crippen LogP) is 15.9. The lowest BCUT2D eigenvalue weighted by Gasteiger charge is -2.47. The van der Waals surface area contributed by atoms with Crippen molar-refractivity contribution in [2.45, 2.75) is 120 Å². The molecule has 386 valence electrons. The second-order valence-corrected chi connectivity index (χ2v) is 25.6. The molecule has 0 aliphatic carbocycles. The highest BCUT2D eigenvalue weighted by Crippen LogP contribution is 2.50. The van der Waals surface area contributed by atoms with Crippen LogP contribution in [0.5, 0.6) is 0 Å². The van der Waals surface area contributed by atoms with E-state index >= 15 is 0 Å². The molecular formula is C72H72B2N4. The zero-order valence-corrected chi connectivity index (χ0v) is 48.3. The van der Waals surface area contributed by atoms with Crippen molar-refractivity contribution in [3.63, 3.8) is 0 Å². The van der Waals surface area contributed by atoms with Gasteiger partial charge in [0.05, 0.1) is 11.4 Å². The normalized spacial score (nSPS) is 14.1. The number of anilines is 12. The van der Waals surface area contributed by atoms with Crippen LogP contribution in [-0.2, 0) is 10.8 Å². The lowest BCUT2D eigenvalue weighted by Crippen LogP contribution is -2.64. The topological polar surface area (TPSA) is 13.0 Å². The van der Waals surface area contributed by atoms with Crippen LogP contribution in [0.1, 0.15) is 126 Å². The molecule has 0 aromatic heterocycles. The van der Waals surface area contributed by atoms with Crippen molar-refractivity contribution in [1.29, 1.82) is 0 Å². The standard InChI is InChI=1S/C72H72B2N4/c1-43(2)49-37-45(5)69(46(6)38-49)77-63-27-19-25-61-67(63)73(55-21-15-17-23-59(55)75(61)53-33-29-51(30-34-53)71(9,10)11)57-42-66-58(41-65(57)77)74-56-22-16-18-24-60(56)76(54-35-31-52(32-36-54)72(12,13)14)62-26-20-28-64(68(62)74)78(66)70-47(7)39-50(44(3)4)40-48(70)8/h15-44H,1-14H3. The zero-order chi connectivity index (χ0) is 54.4. The zero-order valence-electron chi connectivity index (χ0n) is 48.3. The van der Waals surface area contributed by atoms with E-state index in [-0.39, 0.29) is 24.3 Å². The molecule has 4 heterocycles. The number of nitrogens with zero attached hydrogens (tertiary/aromatic N) is 4. The summed E-state index contributed by atoms with van der Waals surface area (Å²) < 4.78 is 0. The maximum Gasteiger partial charge on any atom is 0.252 e. The molecule has 0 bridgehead atoms. The molecule has 0 saturated carbocycles. The second kappa shape index (κ2) is 17.9. The van der Waals surface area contributed by atoms with Crippen molar-refractivity contribution < 1.29 is 0 Å². The Balaban J connectivity index is 1.13. The van der Waals surface area contributed by atoms with Crippen LogP contribution in [0.3, 0.4) is 0 Å². The fourth-order valence-electron chi connectivity index (χ4n) is 13.9. The second-order valence-electron chi connectivity index (χ2n) is 25.6. The molecule has 13 rings (SSSR count). The number of hydrogen-bond acceptors (Lipinski definition) is 4. The van der Waals surface area contributed by atoms with Gasteiger partial charge in [-0.15, -0.1) is 0 Å². The fourth-order valence-corrected chi connectivity index (χ4v) is 13.9. The molecule has 4 aliphatic rings. The van der Waals surface area contributed by atoms with E-state index in [1.807, 2.05) is 0 Å². The summed E-state index contributed by atoms with van der Waals surface area (Å²) in [6.07, 6.45) is 0. The highest BCUT2D eigenvalue weighted by Gasteiger charge is 2.48. The first kappa shape index (κ1) is 49.9. The lowest BCUT2D eigenvalue weighted by molar-refractivity contribution is 0.590. The van der Waals surface area contributed by atoms with Crippen LogP contribution in [-0.4, -0.2) is 13.4 Å². The molecular weight excluding hydrogens is 942 g/mol. The lowest BCUT2D eigenvalue weighted by atomic mass is 9.31. The summed E-state index contributed by atoms with van der Waals surface area (Å²) in [5, 5.41) is 0. The minimum absolute atomic E-state index is 0.0422. The van der Waals surface area contributed by atoms with E-state index in [0.717, 1.165) is 0 Å². The molecule has 0 atom stereocenters. The Morgan fingerprint density at radius 3 is 0.949 bits per heavy atom. The molecule has 6 heteroatoms. The molecule has 0 N–H and O–H groups in total. The number of para-hydroxylation sites is 2. The van der Waals surface area contributed by atoms with Gasteiger partial charge in [-0.05, 0) is 200 Å². The third kappa shape index (κ3) is 7.56. The molecule has 0 radical (unpaired) electrons. The van der Waals surface area contributed by atoms with Gasteiger partial charge in [0.2, 0.25) is 0 Å². The Morgan fingerprint density at radius 2 is 0.628 bits per heavy atom. The summed E-state index contributed by atoms with van der Waals surface area (Å²) in [6.45, 7) is 32.3. The van der Waals surface area contributed by atoms with Gasteiger partial charge in [0, 0.05) is 56.9 Å². The molecule has 4 aliphatic heterocycles. The molecule has 0 unspecified atom stereocenters. The van der Waals surface area contributed by atoms with Crippen LogP contribution in [0, 0.1) is 27.7 Å². The van der Waals surface area contributed by atoms with Gasteiger partial charge in [-0.25, -0.2) is 0 Å². The number of aryl methyl sites for hydroxylation is 4. The summed E-state index contributed by atoms with van der Waals surface area (Å²) in [5.74, 6) is 0.815. The summed E-state index contributed by atoms with van der Waals surface area (Å²) >= 11 is 0. The van der Waals surface area contributed by atoms with Crippen molar-refractivity contribution in [2.75, 3.05) is 19.6 Å². The first-order valence-corrected chi connectivity index (χ1v) is 28.6. The van der Waals surface area contributed by atoms with Gasteiger partial charge >= 0.3 is 0 Å². The van der Waals surface area contributed by atoms with Gasteiger partial charge in [0.25, 0.3) is 13.4 Å². The van der Waals surface area contributed by atoms with E-state index in [1.165, 1.54) is 146 Å². The summed E-state index contributed by atoms with van der Waals surface area (Å²) in [4.78, 5) is 10.4. The molecule has 9 aromatic rings. The number of benzene rings is 9. The minimum atomic E-state index is -0.0464. The Labute approximate surface area is 465 Å². The van der Waals surface area contributed by atoms with Crippen LogP contribution in [0.2, 0.25) is 0 Å². The number of hydrogen-bond donors (Lipinski definition) is 0. The monoisotopic (exact) mass is 1010 g/mol. The van der Waals surface area contributed by atoms with Crippen LogP contribution in [0.15, 0.2) is 170 Å². The average Bonchev–Trinajstić information content (AvgIpc) is 3.28. The van der Waals surface area contributed by atoms with Crippen molar-refractivity contribution in [3.05, 3.63) is 214 Å². The maximum absolute atomic E-state index is 2.67. The van der Waals surface area contributed by atoms with E-state index in [4.69, 9.17) is 0 Å². The third-order valence-corrected chi connectivity index (χ3v) is 17.7. The van der Waals surface area contributed by atoms with E-state index in [1.54, 1.807) is 0 Å². The van der Waals surface area contributed by atoms with E-state index in [9.17, 15) is 0 Å². The molecule has 0 spiro atoms. The van der Waals surface area contributed by atoms with Crippen LogP contribution < -0.4 is 52.4 Å². The number of fused-ring (bicyclic) bond motifs is 8. The van der Waals surface area contributed by atoms with Gasteiger partial charge in [0.15, 0.2) is 0 Å². The highest BCUT2D eigenvalue weighted by atomic mass is 15.2. The number of rotatable bonds is 6. The van der Waals surface area contributed by atoms with Gasteiger partial charge in [-0.3, -0.25) is 0 Å². The van der Waals surface area contributed by atoms with Gasteiger partial charge < -0.3 is 19.6 Å². The fraction of sp³-hybridized carbons (Fsp3) is 0.250. The molecule has 0 saturated heterocycles. The Hall–Kier alpha value is -7.69. The SMILES string of the molecule is Cc1cc(C(C)C)cc(C)c1N1c2cc3c(cc2B2c4ccccc4N(c4ccc(C(C)(C)C)cc4)c4cccc1c42)N(c1c(C)cc(C(C)C)cc1C)c1cccc2c1B3c1ccccc1N2c1ccc(C(C)(C)C)cc1. The largest absolute Gasteiger partial charge is 0.311 e. The predicted molar refractivity (Wildman–Crippen MR) is 339 cm³/mol. The first-order valence-electron chi connectivity index (χ1n) is 28.6. The van der Waals surface area contributed by atoms with Crippen molar-refractivity contribution >= 4 is 114 Å². The molecule has 78 heavy (non-hydrogen) atoms. The first-order chi connectivity index (χ1) is 37.3. The summed E-state index contributed by atoms with van der Waals surface area (Å²) in [7, 11) is 0. The van der Waals surface area contributed by atoms with Crippen molar-refractivity contribution in [3.8, 4) is 0 Å². The third-order valence-electron chi connectivity index (χ3n) is 17.7. The molecule has 0 amide bonds. The Bertz CT molecular complexity index is 3610. The van der Waals surface area contributed by atoms with E-state index in [2.05, 4.69) is 286 Å². The smallest absolute Gasteiger partial charge is 0.252 e. The quantitative estimate of drug-likeness (QED) is 0.154. The van der Waals surface area contributed by atoms with Gasteiger partial charge in [0.1, 0.15) is 0 Å². The molecule has 0 fully saturated rings. The van der Waals surface area contributed by atoms with E-state index in [0.29, 0.717) is 11.8 Å². The molecule has 9 aromatic carbocycles. The van der Waals surface area contributed by atoms with Crippen molar-refractivity contribution in [1.82, 2.24) is 0 Å². The summed E-state index contributed by atoms with van der Waals surface area (Å²) in [5.41, 5.74) is 33.3. The van der Waals surface area contributed by atoms with E-state index < -0.39 is 0 Å². The molecule has 4 nitrogen and oxygen atoms in total. The Kier molecular flexibility index (Phi) is 11.5. The average molecular weight is 1020 g/mol. The summed E-state index contributed by atoms with van der Waals surface area (Å²) in [6, 6.07) is 66.4. The Morgan fingerprint density at radius 1 is 0.321 bits per heavy atom.